The molecule has 1 heterocycles. The molecule has 1 saturated heterocycles. The van der Waals surface area contributed by atoms with E-state index in [0.29, 0.717) is 19.1 Å². The Hall–Kier alpha value is -0.610. The van der Waals surface area contributed by atoms with Crippen LogP contribution in [0.1, 0.15) is 18.1 Å². The van der Waals surface area contributed by atoms with Gasteiger partial charge in [-0.3, -0.25) is 0 Å². The molecule has 3 nitrogen and oxygen atoms in total. The highest BCUT2D eigenvalue weighted by atomic mass is 35.5. The molecule has 0 aliphatic carbocycles. The molecule has 0 amide bonds. The molecule has 0 unspecified atom stereocenters. The third kappa shape index (κ3) is 3.45. The summed E-state index contributed by atoms with van der Waals surface area (Å²) in [6.07, 6.45) is -0.337. The summed E-state index contributed by atoms with van der Waals surface area (Å²) in [4.78, 5) is 0. The van der Waals surface area contributed by atoms with Crippen LogP contribution in [0.2, 0.25) is 0 Å². The molecular formula is C14H19ClO3. The second kappa shape index (κ2) is 6.53. The van der Waals surface area contributed by atoms with Gasteiger partial charge in [0.15, 0.2) is 6.29 Å². The van der Waals surface area contributed by atoms with E-state index in [4.69, 9.17) is 25.8 Å². The molecule has 1 aromatic rings. The monoisotopic (exact) mass is 270 g/mol. The zero-order chi connectivity index (χ0) is 13.0. The first kappa shape index (κ1) is 13.8. The van der Waals surface area contributed by atoms with Gasteiger partial charge in [0.2, 0.25) is 0 Å². The van der Waals surface area contributed by atoms with Crippen LogP contribution >= 0.6 is 11.6 Å². The molecule has 0 aromatic heterocycles. The van der Waals surface area contributed by atoms with E-state index in [1.54, 1.807) is 0 Å². The smallest absolute Gasteiger partial charge is 0.171 e. The van der Waals surface area contributed by atoms with Crippen molar-refractivity contribution in [1.82, 2.24) is 0 Å². The molecule has 0 spiro atoms. The molecule has 0 saturated carbocycles. The zero-order valence-electron chi connectivity index (χ0n) is 10.8. The lowest BCUT2D eigenvalue weighted by atomic mass is 10.1. The number of alkyl halides is 1. The maximum Gasteiger partial charge on any atom is 0.171 e. The van der Waals surface area contributed by atoms with Crippen molar-refractivity contribution in [3.8, 4) is 0 Å². The molecule has 18 heavy (non-hydrogen) atoms. The highest BCUT2D eigenvalue weighted by Crippen LogP contribution is 2.18. The largest absolute Gasteiger partial charge is 0.368 e. The van der Waals surface area contributed by atoms with Gasteiger partial charge in [-0.05, 0) is 25.0 Å². The van der Waals surface area contributed by atoms with E-state index >= 15 is 0 Å². The van der Waals surface area contributed by atoms with Gasteiger partial charge in [0.05, 0.1) is 25.2 Å². The topological polar surface area (TPSA) is 27.7 Å². The molecule has 0 bridgehead atoms. The van der Waals surface area contributed by atoms with Crippen LogP contribution in [-0.2, 0) is 20.8 Å². The fraction of sp³-hybridized carbons (Fsp3) is 0.571. The van der Waals surface area contributed by atoms with Crippen LogP contribution in [0.15, 0.2) is 24.3 Å². The summed E-state index contributed by atoms with van der Waals surface area (Å²) in [6, 6.07) is 8.21. The van der Waals surface area contributed by atoms with Crippen LogP contribution in [0.5, 0.6) is 0 Å². The first-order chi connectivity index (χ1) is 8.70. The maximum absolute atomic E-state index is 5.86. The lowest BCUT2D eigenvalue weighted by molar-refractivity contribution is -0.249. The van der Waals surface area contributed by atoms with Crippen LogP contribution in [0, 0.1) is 6.92 Å². The van der Waals surface area contributed by atoms with E-state index in [0.717, 1.165) is 0 Å². The minimum atomic E-state index is -0.306. The Morgan fingerprint density at radius 2 is 2.17 bits per heavy atom. The fourth-order valence-electron chi connectivity index (χ4n) is 1.94. The van der Waals surface area contributed by atoms with Crippen LogP contribution < -0.4 is 0 Å². The van der Waals surface area contributed by atoms with Crippen molar-refractivity contribution in [3.05, 3.63) is 35.4 Å². The molecule has 2 rings (SSSR count). The third-order valence-electron chi connectivity index (χ3n) is 3.18. The number of hydrogen-bond donors (Lipinski definition) is 0. The SMILES string of the molecule is Cc1ccccc1CO[C@@H]1CO[C@H](CCl)O[C@@H]1C. The molecule has 1 aromatic carbocycles. The normalized spacial score (nSPS) is 28.3. The second-order valence-electron chi connectivity index (χ2n) is 4.53. The standard InChI is InChI=1S/C14H19ClO3/c1-10-5-3-4-6-12(10)8-16-13-9-17-14(7-15)18-11(13)2/h3-6,11,13-14H,7-9H2,1-2H3/t11-,13-,14+/m1/s1. The second-order valence-corrected chi connectivity index (χ2v) is 4.84. The summed E-state index contributed by atoms with van der Waals surface area (Å²) in [5.41, 5.74) is 2.44. The van der Waals surface area contributed by atoms with Crippen molar-refractivity contribution in [3.63, 3.8) is 0 Å². The first-order valence-electron chi connectivity index (χ1n) is 6.20. The highest BCUT2D eigenvalue weighted by molar-refractivity contribution is 6.18. The summed E-state index contributed by atoms with van der Waals surface area (Å²) in [7, 11) is 0. The zero-order valence-corrected chi connectivity index (χ0v) is 11.5. The summed E-state index contributed by atoms with van der Waals surface area (Å²) in [5.74, 6) is 0.356. The molecular weight excluding hydrogens is 252 g/mol. The van der Waals surface area contributed by atoms with E-state index in [-0.39, 0.29) is 18.5 Å². The molecule has 1 aliphatic rings. The van der Waals surface area contributed by atoms with Gasteiger partial charge in [0.25, 0.3) is 0 Å². The molecule has 3 atom stereocenters. The minimum Gasteiger partial charge on any atom is -0.368 e. The van der Waals surface area contributed by atoms with Crippen LogP contribution in [-0.4, -0.2) is 31.0 Å². The van der Waals surface area contributed by atoms with Crippen LogP contribution in [0.4, 0.5) is 0 Å². The van der Waals surface area contributed by atoms with Crippen molar-refractivity contribution in [2.45, 2.75) is 39.0 Å². The number of benzene rings is 1. The van der Waals surface area contributed by atoms with Gasteiger partial charge in [-0.1, -0.05) is 24.3 Å². The summed E-state index contributed by atoms with van der Waals surface area (Å²) >= 11 is 5.70. The maximum atomic E-state index is 5.86. The number of halogens is 1. The van der Waals surface area contributed by atoms with Crippen molar-refractivity contribution >= 4 is 11.6 Å². The highest BCUT2D eigenvalue weighted by Gasteiger charge is 2.29. The van der Waals surface area contributed by atoms with Gasteiger partial charge < -0.3 is 14.2 Å². The number of ether oxygens (including phenoxy) is 3. The summed E-state index contributed by atoms with van der Waals surface area (Å²) < 4.78 is 16.9. The van der Waals surface area contributed by atoms with Gasteiger partial charge in [-0.25, -0.2) is 0 Å². The lowest BCUT2D eigenvalue weighted by Crippen LogP contribution is -2.44. The van der Waals surface area contributed by atoms with Crippen molar-refractivity contribution in [2.24, 2.45) is 0 Å². The van der Waals surface area contributed by atoms with Crippen molar-refractivity contribution < 1.29 is 14.2 Å². The van der Waals surface area contributed by atoms with E-state index in [1.165, 1.54) is 11.1 Å². The molecule has 4 heteroatoms. The Labute approximate surface area is 113 Å². The van der Waals surface area contributed by atoms with E-state index in [2.05, 4.69) is 19.1 Å². The van der Waals surface area contributed by atoms with Gasteiger partial charge in [0.1, 0.15) is 6.10 Å². The van der Waals surface area contributed by atoms with Gasteiger partial charge in [-0.2, -0.15) is 0 Å². The van der Waals surface area contributed by atoms with E-state index in [9.17, 15) is 0 Å². The van der Waals surface area contributed by atoms with Crippen LogP contribution in [0.3, 0.4) is 0 Å². The number of aryl methyl sites for hydroxylation is 1. The van der Waals surface area contributed by atoms with Crippen LogP contribution in [0.25, 0.3) is 0 Å². The van der Waals surface area contributed by atoms with Gasteiger partial charge in [-0.15, -0.1) is 11.6 Å². The summed E-state index contributed by atoms with van der Waals surface area (Å²) in [5, 5.41) is 0. The minimum absolute atomic E-state index is 0.00604. The average molecular weight is 271 g/mol. The Morgan fingerprint density at radius 1 is 1.39 bits per heavy atom. The Balaban J connectivity index is 1.86. The first-order valence-corrected chi connectivity index (χ1v) is 6.73. The predicted molar refractivity (Wildman–Crippen MR) is 70.8 cm³/mol. The van der Waals surface area contributed by atoms with E-state index < -0.39 is 0 Å². The number of hydrogen-bond acceptors (Lipinski definition) is 3. The summed E-state index contributed by atoms with van der Waals surface area (Å²) in [6.45, 7) is 5.19. The third-order valence-corrected chi connectivity index (χ3v) is 3.43. The molecule has 100 valence electrons. The average Bonchev–Trinajstić information content (AvgIpc) is 2.39. The molecule has 1 fully saturated rings. The van der Waals surface area contributed by atoms with Crippen molar-refractivity contribution in [2.75, 3.05) is 12.5 Å². The van der Waals surface area contributed by atoms with Gasteiger partial charge >= 0.3 is 0 Å². The quantitative estimate of drug-likeness (QED) is 0.788. The molecule has 0 radical (unpaired) electrons. The van der Waals surface area contributed by atoms with E-state index in [1.807, 2.05) is 19.1 Å². The predicted octanol–water partition coefficient (Wildman–Crippen LogP) is 2.88. The van der Waals surface area contributed by atoms with Crippen molar-refractivity contribution in [1.29, 1.82) is 0 Å². The fourth-order valence-corrected chi connectivity index (χ4v) is 2.10. The Morgan fingerprint density at radius 3 is 2.83 bits per heavy atom. The Bertz CT molecular complexity index is 383. The lowest BCUT2D eigenvalue weighted by Gasteiger charge is -2.33. The molecule has 0 N–H and O–H groups in total. The number of rotatable bonds is 4. The van der Waals surface area contributed by atoms with Gasteiger partial charge in [0, 0.05) is 0 Å². The Kier molecular flexibility index (Phi) is 5.01. The molecule has 1 aliphatic heterocycles.